The molecule has 0 N–H and O–H groups in total. The van der Waals surface area contributed by atoms with Crippen molar-refractivity contribution in [3.8, 4) is 0 Å². The molecule has 0 aromatic carbocycles. The van der Waals surface area contributed by atoms with Gasteiger partial charge in [-0.3, -0.25) is 14.4 Å². The Hall–Kier alpha value is -4.19. The number of carbonyl (C=O) groups is 3. The van der Waals surface area contributed by atoms with Crippen LogP contribution in [-0.4, -0.2) is 37.2 Å². The van der Waals surface area contributed by atoms with Crippen LogP contribution in [0.2, 0.25) is 0 Å². The Bertz CT molecular complexity index is 1400. The Balaban J connectivity index is 4.60. The van der Waals surface area contributed by atoms with E-state index in [0.29, 0.717) is 19.3 Å². The fourth-order valence-electron chi connectivity index (χ4n) is 6.57. The van der Waals surface area contributed by atoms with Crippen molar-refractivity contribution in [2.75, 3.05) is 13.2 Å². The molecule has 0 bridgehead atoms. The second-order valence-electron chi connectivity index (χ2n) is 16.7. The first-order chi connectivity index (χ1) is 32.0. The summed E-state index contributed by atoms with van der Waals surface area (Å²) in [4.78, 5) is 38.0. The smallest absolute Gasteiger partial charge is 0.306 e. The lowest BCUT2D eigenvalue weighted by atomic mass is 10.1. The highest BCUT2D eigenvalue weighted by atomic mass is 16.6. The molecule has 0 aromatic rings. The van der Waals surface area contributed by atoms with E-state index in [1.54, 1.807) is 0 Å². The maximum Gasteiger partial charge on any atom is 0.306 e. The van der Waals surface area contributed by atoms with E-state index in [4.69, 9.17) is 14.2 Å². The normalized spacial score (nSPS) is 13.1. The molecule has 0 saturated carbocycles. The quantitative estimate of drug-likeness (QED) is 0.0199. The SMILES string of the molecule is CC/C=C/C=C/C=C/CCCCCCCC(=O)OCC(COC(=O)CCC/C=C/C/C=C/C/C=C/C/C=C/CCCCC)OC(=O)CCC/C=C/C/C=C/C/C=C/CCCCCCCC. The van der Waals surface area contributed by atoms with Crippen LogP contribution in [0.15, 0.2) is 122 Å². The van der Waals surface area contributed by atoms with Gasteiger partial charge in [0.05, 0.1) is 0 Å². The van der Waals surface area contributed by atoms with Crippen LogP contribution < -0.4 is 0 Å². The summed E-state index contributed by atoms with van der Waals surface area (Å²) in [6.07, 6.45) is 71.9. The molecule has 0 fully saturated rings. The average molecular weight is 899 g/mol. The number of hydrogen-bond donors (Lipinski definition) is 0. The van der Waals surface area contributed by atoms with Crippen LogP contribution in [0.5, 0.6) is 0 Å². The molecule has 0 aromatic heterocycles. The lowest BCUT2D eigenvalue weighted by Gasteiger charge is -2.18. The number of ether oxygens (including phenoxy) is 3. The van der Waals surface area contributed by atoms with E-state index < -0.39 is 6.10 Å². The van der Waals surface area contributed by atoms with Gasteiger partial charge >= 0.3 is 17.9 Å². The molecule has 0 aliphatic rings. The molecule has 366 valence electrons. The molecule has 0 radical (unpaired) electrons. The Morgan fingerprint density at radius 3 is 1.15 bits per heavy atom. The molecule has 0 aliphatic carbocycles. The second-order valence-corrected chi connectivity index (χ2v) is 16.7. The number of allylic oxidation sites excluding steroid dienone is 20. The molecular weight excluding hydrogens is 805 g/mol. The van der Waals surface area contributed by atoms with E-state index in [1.165, 1.54) is 70.6 Å². The third-order valence-electron chi connectivity index (χ3n) is 10.5. The predicted molar refractivity (Wildman–Crippen MR) is 279 cm³/mol. The monoisotopic (exact) mass is 899 g/mol. The van der Waals surface area contributed by atoms with Gasteiger partial charge in [0.15, 0.2) is 6.10 Å². The Labute approximate surface area is 399 Å². The van der Waals surface area contributed by atoms with E-state index >= 15 is 0 Å². The number of esters is 3. The van der Waals surface area contributed by atoms with Crippen molar-refractivity contribution in [1.82, 2.24) is 0 Å². The van der Waals surface area contributed by atoms with Crippen LogP contribution in [0.3, 0.4) is 0 Å². The molecule has 6 nitrogen and oxygen atoms in total. The summed E-state index contributed by atoms with van der Waals surface area (Å²) in [6, 6.07) is 0. The van der Waals surface area contributed by atoms with Crippen LogP contribution in [0, 0.1) is 0 Å². The molecule has 1 unspecified atom stereocenters. The fourth-order valence-corrected chi connectivity index (χ4v) is 6.57. The van der Waals surface area contributed by atoms with Crippen molar-refractivity contribution in [2.45, 2.75) is 219 Å². The third kappa shape index (κ3) is 50.7. The topological polar surface area (TPSA) is 78.9 Å². The summed E-state index contributed by atoms with van der Waals surface area (Å²) in [6.45, 7) is 6.34. The molecule has 0 spiro atoms. The van der Waals surface area contributed by atoms with Gasteiger partial charge in [-0.05, 0) is 109 Å². The molecule has 0 rings (SSSR count). The van der Waals surface area contributed by atoms with Crippen molar-refractivity contribution < 1.29 is 28.6 Å². The largest absolute Gasteiger partial charge is 0.462 e. The summed E-state index contributed by atoms with van der Waals surface area (Å²) in [7, 11) is 0. The Kier molecular flexibility index (Phi) is 49.1. The minimum absolute atomic E-state index is 0.129. The molecule has 1 atom stereocenters. The van der Waals surface area contributed by atoms with Crippen LogP contribution in [0.4, 0.5) is 0 Å². The summed E-state index contributed by atoms with van der Waals surface area (Å²) in [5, 5.41) is 0. The fraction of sp³-hybridized carbons (Fsp3) is 0.610. The van der Waals surface area contributed by atoms with Crippen molar-refractivity contribution in [3.05, 3.63) is 122 Å². The van der Waals surface area contributed by atoms with E-state index in [2.05, 4.69) is 136 Å². The summed E-state index contributed by atoms with van der Waals surface area (Å²) >= 11 is 0. The summed E-state index contributed by atoms with van der Waals surface area (Å²) in [5.41, 5.74) is 0. The highest BCUT2D eigenvalue weighted by Gasteiger charge is 2.19. The van der Waals surface area contributed by atoms with Crippen molar-refractivity contribution in [1.29, 1.82) is 0 Å². The van der Waals surface area contributed by atoms with Crippen molar-refractivity contribution in [2.24, 2.45) is 0 Å². The lowest BCUT2D eigenvalue weighted by Crippen LogP contribution is -2.30. The highest BCUT2D eigenvalue weighted by Crippen LogP contribution is 2.11. The number of unbranched alkanes of at least 4 members (excludes halogenated alkanes) is 16. The standard InChI is InChI=1S/C59H94O6/c1-4-7-10-13-16-19-22-25-27-29-31-34-37-40-43-46-49-52-58(61)64-55-56(54-63-57(60)51-48-45-42-39-36-33-24-21-18-15-12-9-6-3)65-59(62)53-50-47-44-41-38-35-32-30-28-26-23-20-17-14-11-8-5-2/h9,12,15-16,18-19,21,24-28,31-32,34-35,40-41,43-44,56H,4-8,10-11,13-14,17,20,22-23,29-30,33,36-39,42,45-55H2,1-3H3/b12-9+,18-15+,19-16+,24-21+,27-25+,28-26+,34-31+,35-32+,43-40+,44-41+. The molecule has 0 saturated heterocycles. The van der Waals surface area contributed by atoms with Gasteiger partial charge in [-0.2, -0.15) is 0 Å². The average Bonchev–Trinajstić information content (AvgIpc) is 3.30. The first-order valence-electron chi connectivity index (χ1n) is 26.1. The lowest BCUT2D eigenvalue weighted by molar-refractivity contribution is -0.167. The predicted octanol–water partition coefficient (Wildman–Crippen LogP) is 17.3. The summed E-state index contributed by atoms with van der Waals surface area (Å²) < 4.78 is 16.7. The number of rotatable bonds is 45. The number of carbonyl (C=O) groups excluding carboxylic acids is 3. The zero-order valence-electron chi connectivity index (χ0n) is 41.7. The third-order valence-corrected chi connectivity index (χ3v) is 10.5. The maximum atomic E-state index is 12.8. The minimum Gasteiger partial charge on any atom is -0.462 e. The van der Waals surface area contributed by atoms with Gasteiger partial charge in [0.1, 0.15) is 13.2 Å². The Morgan fingerprint density at radius 1 is 0.338 bits per heavy atom. The first-order valence-corrected chi connectivity index (χ1v) is 26.1. The molecular formula is C59H94O6. The van der Waals surface area contributed by atoms with E-state index in [9.17, 15) is 14.4 Å². The van der Waals surface area contributed by atoms with Crippen molar-refractivity contribution >= 4 is 17.9 Å². The zero-order valence-corrected chi connectivity index (χ0v) is 41.7. The van der Waals surface area contributed by atoms with E-state index in [-0.39, 0.29) is 44.0 Å². The second kappa shape index (κ2) is 52.4. The molecule has 0 heterocycles. The van der Waals surface area contributed by atoms with Gasteiger partial charge in [0.25, 0.3) is 0 Å². The van der Waals surface area contributed by atoms with Gasteiger partial charge in [-0.1, -0.05) is 206 Å². The van der Waals surface area contributed by atoms with Gasteiger partial charge in [0.2, 0.25) is 0 Å². The highest BCUT2D eigenvalue weighted by molar-refractivity contribution is 5.71. The Morgan fingerprint density at radius 2 is 0.677 bits per heavy atom. The number of hydrogen-bond acceptors (Lipinski definition) is 6. The van der Waals surface area contributed by atoms with Crippen molar-refractivity contribution in [3.63, 3.8) is 0 Å². The molecule has 6 heteroatoms. The van der Waals surface area contributed by atoms with E-state index in [1.807, 2.05) is 6.08 Å². The van der Waals surface area contributed by atoms with Crippen LogP contribution in [0.25, 0.3) is 0 Å². The molecule has 65 heavy (non-hydrogen) atoms. The zero-order chi connectivity index (χ0) is 47.2. The van der Waals surface area contributed by atoms with Gasteiger partial charge in [0, 0.05) is 19.3 Å². The van der Waals surface area contributed by atoms with Gasteiger partial charge < -0.3 is 14.2 Å². The van der Waals surface area contributed by atoms with Crippen LogP contribution >= 0.6 is 0 Å². The van der Waals surface area contributed by atoms with Gasteiger partial charge in [-0.15, -0.1) is 0 Å². The summed E-state index contributed by atoms with van der Waals surface area (Å²) in [5.74, 6) is -1.07. The van der Waals surface area contributed by atoms with Gasteiger partial charge in [-0.25, -0.2) is 0 Å². The van der Waals surface area contributed by atoms with E-state index in [0.717, 1.165) is 89.9 Å². The maximum absolute atomic E-state index is 12.8. The first kappa shape index (κ1) is 60.8. The molecule has 0 aliphatic heterocycles. The van der Waals surface area contributed by atoms with Crippen LogP contribution in [-0.2, 0) is 28.6 Å². The van der Waals surface area contributed by atoms with Crippen LogP contribution in [0.1, 0.15) is 213 Å². The minimum atomic E-state index is -0.838. The molecule has 0 amide bonds.